The van der Waals surface area contributed by atoms with Gasteiger partial charge in [0.1, 0.15) is 0 Å². The predicted octanol–water partition coefficient (Wildman–Crippen LogP) is 1.72. The maximum atomic E-state index is 13.1. The molecule has 0 spiro atoms. The van der Waals surface area contributed by atoms with Gasteiger partial charge in [0.2, 0.25) is 5.95 Å². The number of imide groups is 1. The summed E-state index contributed by atoms with van der Waals surface area (Å²) in [5, 5.41) is 1.12. The van der Waals surface area contributed by atoms with Crippen molar-refractivity contribution in [1.29, 1.82) is 0 Å². The third-order valence-electron chi connectivity index (χ3n) is 6.26. The summed E-state index contributed by atoms with van der Waals surface area (Å²) in [6.07, 6.45) is 8.51. The van der Waals surface area contributed by atoms with Crippen LogP contribution in [0.5, 0.6) is 0 Å². The maximum Gasteiger partial charge on any atom is 0.254 e. The Hall–Kier alpha value is -3.75. The summed E-state index contributed by atoms with van der Waals surface area (Å²) in [4.78, 5) is 50.8. The number of carbonyl (C=O) groups is 3. The van der Waals surface area contributed by atoms with E-state index < -0.39 is 0 Å². The van der Waals surface area contributed by atoms with Crippen LogP contribution in [0, 0.1) is 11.8 Å². The van der Waals surface area contributed by atoms with Crippen LogP contribution in [0.3, 0.4) is 0 Å². The molecule has 1 N–H and O–H groups in total. The van der Waals surface area contributed by atoms with Crippen LogP contribution in [0.1, 0.15) is 23.2 Å². The highest BCUT2D eigenvalue weighted by molar-refractivity contribution is 6.06. The van der Waals surface area contributed by atoms with Gasteiger partial charge in [-0.25, -0.2) is 9.97 Å². The number of hydrogen-bond acceptors (Lipinski definition) is 7. The highest BCUT2D eigenvalue weighted by Crippen LogP contribution is 2.35. The lowest BCUT2D eigenvalue weighted by atomic mass is 9.85. The van der Waals surface area contributed by atoms with Crippen LogP contribution in [0.2, 0.25) is 0 Å². The summed E-state index contributed by atoms with van der Waals surface area (Å²) >= 11 is 0. The average molecular weight is 432 g/mol. The molecule has 1 aromatic carbocycles. The molecule has 9 nitrogen and oxygen atoms in total. The van der Waals surface area contributed by atoms with Gasteiger partial charge in [0.05, 0.1) is 17.5 Å². The molecule has 3 heterocycles. The van der Waals surface area contributed by atoms with Crippen LogP contribution in [-0.4, -0.2) is 63.8 Å². The number of benzene rings is 1. The minimum absolute atomic E-state index is 0.0841. The first-order valence-electron chi connectivity index (χ1n) is 10.8. The third kappa shape index (κ3) is 3.70. The fourth-order valence-corrected chi connectivity index (χ4v) is 4.51. The second kappa shape index (κ2) is 8.41. The number of aromatic nitrogens is 2. The Balaban J connectivity index is 1.24. The SMILES string of the molecule is O=C(c1cccc(NN2C(=O)C3CC=CCC3C2=O)c1)N1CCN(c2ncccn2)CC1. The van der Waals surface area contributed by atoms with Gasteiger partial charge in [-0.2, -0.15) is 5.01 Å². The lowest BCUT2D eigenvalue weighted by Crippen LogP contribution is -2.49. The first-order valence-corrected chi connectivity index (χ1v) is 10.8. The van der Waals surface area contributed by atoms with Crippen molar-refractivity contribution in [2.75, 3.05) is 36.5 Å². The van der Waals surface area contributed by atoms with Crippen molar-refractivity contribution in [3.8, 4) is 0 Å². The molecule has 3 aliphatic rings. The Kier molecular flexibility index (Phi) is 5.30. The van der Waals surface area contributed by atoms with Crippen molar-refractivity contribution in [2.45, 2.75) is 12.8 Å². The van der Waals surface area contributed by atoms with Crippen molar-refractivity contribution >= 4 is 29.4 Å². The molecule has 9 heteroatoms. The van der Waals surface area contributed by atoms with Gasteiger partial charge in [0.15, 0.2) is 0 Å². The largest absolute Gasteiger partial charge is 0.337 e. The Labute approximate surface area is 185 Å². The number of hydrogen-bond donors (Lipinski definition) is 1. The van der Waals surface area contributed by atoms with Gasteiger partial charge in [-0.1, -0.05) is 18.2 Å². The van der Waals surface area contributed by atoms with Gasteiger partial charge in [-0.05, 0) is 37.1 Å². The molecule has 0 bridgehead atoms. The molecule has 2 aromatic rings. The van der Waals surface area contributed by atoms with E-state index in [1.807, 2.05) is 12.2 Å². The van der Waals surface area contributed by atoms with E-state index in [0.29, 0.717) is 56.2 Å². The van der Waals surface area contributed by atoms with E-state index in [2.05, 4.69) is 20.3 Å². The minimum atomic E-state index is -0.297. The number of piperazine rings is 1. The molecule has 2 aliphatic heterocycles. The lowest BCUT2D eigenvalue weighted by molar-refractivity contribution is -0.138. The fraction of sp³-hybridized carbons (Fsp3) is 0.348. The zero-order chi connectivity index (χ0) is 22.1. The maximum absolute atomic E-state index is 13.1. The zero-order valence-corrected chi connectivity index (χ0v) is 17.6. The van der Waals surface area contributed by atoms with Gasteiger partial charge in [0, 0.05) is 44.1 Å². The standard InChI is InChI=1S/C23H24N6O3/c30-20(27-11-13-28(14-12-27)23-24-9-4-10-25-23)16-5-3-6-17(15-16)26-29-21(31)18-7-1-2-8-19(18)22(29)32/h1-6,9-10,15,18-19,26H,7-8,11-14H2. The molecule has 5 rings (SSSR count). The van der Waals surface area contributed by atoms with E-state index >= 15 is 0 Å². The molecular formula is C23H24N6O3. The number of anilines is 2. The summed E-state index contributed by atoms with van der Waals surface area (Å²) in [5.74, 6) is -0.425. The van der Waals surface area contributed by atoms with Gasteiger partial charge in [-0.3, -0.25) is 19.8 Å². The Morgan fingerprint density at radius 3 is 2.22 bits per heavy atom. The summed E-state index contributed by atoms with van der Waals surface area (Å²) in [5.41, 5.74) is 3.99. The molecule has 2 unspecified atom stereocenters. The fourth-order valence-electron chi connectivity index (χ4n) is 4.51. The lowest BCUT2D eigenvalue weighted by Gasteiger charge is -2.34. The third-order valence-corrected chi connectivity index (χ3v) is 6.26. The highest BCUT2D eigenvalue weighted by Gasteiger charge is 2.47. The van der Waals surface area contributed by atoms with Crippen molar-refractivity contribution in [3.63, 3.8) is 0 Å². The molecule has 2 fully saturated rings. The summed E-state index contributed by atoms with van der Waals surface area (Å²) in [7, 11) is 0. The summed E-state index contributed by atoms with van der Waals surface area (Å²) in [6.45, 7) is 2.44. The van der Waals surface area contributed by atoms with E-state index in [9.17, 15) is 14.4 Å². The van der Waals surface area contributed by atoms with E-state index in [1.54, 1.807) is 47.6 Å². The minimum Gasteiger partial charge on any atom is -0.337 e. The molecule has 1 aromatic heterocycles. The van der Waals surface area contributed by atoms with Crippen LogP contribution in [0.25, 0.3) is 0 Å². The van der Waals surface area contributed by atoms with Crippen LogP contribution < -0.4 is 10.3 Å². The molecule has 164 valence electrons. The van der Waals surface area contributed by atoms with Crippen LogP contribution in [-0.2, 0) is 9.59 Å². The molecule has 0 radical (unpaired) electrons. The van der Waals surface area contributed by atoms with E-state index in [4.69, 9.17) is 0 Å². The van der Waals surface area contributed by atoms with Gasteiger partial charge >= 0.3 is 0 Å². The van der Waals surface area contributed by atoms with Crippen LogP contribution >= 0.6 is 0 Å². The van der Waals surface area contributed by atoms with Crippen molar-refractivity contribution in [3.05, 3.63) is 60.4 Å². The van der Waals surface area contributed by atoms with Gasteiger partial charge in [-0.15, -0.1) is 0 Å². The molecule has 32 heavy (non-hydrogen) atoms. The quantitative estimate of drug-likeness (QED) is 0.580. The Bertz CT molecular complexity index is 1040. The summed E-state index contributed by atoms with van der Waals surface area (Å²) < 4.78 is 0. The second-order valence-electron chi connectivity index (χ2n) is 8.19. The van der Waals surface area contributed by atoms with Gasteiger partial charge < -0.3 is 9.80 Å². The number of nitrogens with zero attached hydrogens (tertiary/aromatic N) is 5. The monoisotopic (exact) mass is 432 g/mol. The second-order valence-corrected chi connectivity index (χ2v) is 8.19. The first-order chi connectivity index (χ1) is 15.6. The average Bonchev–Trinajstić information content (AvgIpc) is 3.09. The number of hydrazine groups is 1. The van der Waals surface area contributed by atoms with Crippen molar-refractivity contribution in [2.24, 2.45) is 11.8 Å². The van der Waals surface area contributed by atoms with E-state index in [-0.39, 0.29) is 29.6 Å². The Morgan fingerprint density at radius 2 is 1.56 bits per heavy atom. The predicted molar refractivity (Wildman–Crippen MR) is 117 cm³/mol. The van der Waals surface area contributed by atoms with Crippen LogP contribution in [0.4, 0.5) is 11.6 Å². The van der Waals surface area contributed by atoms with Gasteiger partial charge in [0.25, 0.3) is 17.7 Å². The number of fused-ring (bicyclic) bond motifs is 1. The number of rotatable bonds is 4. The normalized spacial score (nSPS) is 22.8. The van der Waals surface area contributed by atoms with E-state index in [1.165, 1.54) is 0 Å². The number of carbonyl (C=O) groups excluding carboxylic acids is 3. The molecule has 2 atom stereocenters. The zero-order valence-electron chi connectivity index (χ0n) is 17.6. The number of amides is 3. The topological polar surface area (TPSA) is 98.7 Å². The smallest absolute Gasteiger partial charge is 0.254 e. The van der Waals surface area contributed by atoms with Crippen molar-refractivity contribution in [1.82, 2.24) is 19.9 Å². The number of allylic oxidation sites excluding steroid dienone is 2. The molecule has 2 saturated heterocycles. The van der Waals surface area contributed by atoms with E-state index in [0.717, 1.165) is 5.01 Å². The highest BCUT2D eigenvalue weighted by atomic mass is 16.2. The molecule has 0 saturated carbocycles. The number of nitrogens with one attached hydrogen (secondary N) is 1. The molecule has 3 amide bonds. The molecular weight excluding hydrogens is 408 g/mol. The Morgan fingerprint density at radius 1 is 0.906 bits per heavy atom. The van der Waals surface area contributed by atoms with Crippen LogP contribution in [0.15, 0.2) is 54.9 Å². The molecule has 1 aliphatic carbocycles. The first kappa shape index (κ1) is 20.2. The summed E-state index contributed by atoms with van der Waals surface area (Å²) in [6, 6.07) is 8.72. The van der Waals surface area contributed by atoms with Crippen molar-refractivity contribution < 1.29 is 14.4 Å².